The number of carboxylic acids is 1. The Morgan fingerprint density at radius 2 is 1.76 bits per heavy atom. The molecular formula is C28H34F5N3O5. The molecule has 1 saturated carbocycles. The van der Waals surface area contributed by atoms with E-state index >= 15 is 0 Å². The molecule has 3 unspecified atom stereocenters. The Balaban J connectivity index is 0.000000587. The van der Waals surface area contributed by atoms with Crippen molar-refractivity contribution in [3.8, 4) is 11.5 Å². The summed E-state index contributed by atoms with van der Waals surface area (Å²) >= 11 is 0. The third-order valence-electron chi connectivity index (χ3n) is 7.59. The molecule has 3 N–H and O–H groups in total. The van der Waals surface area contributed by atoms with Crippen molar-refractivity contribution in [2.75, 3.05) is 32.6 Å². The number of ether oxygens (including phenoxy) is 2. The van der Waals surface area contributed by atoms with Crippen molar-refractivity contribution < 1.29 is 46.1 Å². The number of rotatable bonds is 7. The summed E-state index contributed by atoms with van der Waals surface area (Å²) in [6, 6.07) is 8.88. The first kappa shape index (κ1) is 31.9. The molecule has 0 radical (unpaired) electrons. The zero-order valence-corrected chi connectivity index (χ0v) is 23.0. The molecule has 226 valence electrons. The lowest BCUT2D eigenvalue weighted by molar-refractivity contribution is -0.192. The van der Waals surface area contributed by atoms with Gasteiger partial charge in [0.2, 0.25) is 0 Å². The average Bonchev–Trinajstić information content (AvgIpc) is 3.29. The number of carbonyl (C=O) groups is 2. The van der Waals surface area contributed by atoms with Gasteiger partial charge in [-0.05, 0) is 75.0 Å². The Morgan fingerprint density at radius 3 is 2.37 bits per heavy atom. The van der Waals surface area contributed by atoms with Crippen LogP contribution in [-0.2, 0) is 10.2 Å². The monoisotopic (exact) mass is 587 g/mol. The molecule has 2 aliphatic rings. The van der Waals surface area contributed by atoms with E-state index in [1.807, 2.05) is 6.07 Å². The Bertz CT molecular complexity index is 1230. The lowest BCUT2D eigenvalue weighted by Gasteiger charge is -2.45. The number of amides is 2. The summed E-state index contributed by atoms with van der Waals surface area (Å²) < 4.78 is 70.1. The first-order chi connectivity index (χ1) is 19.3. The standard InChI is InChI=1S/C26H33F2N3O3.C2HF3O2/c1-4-12-31-13-11-26(17-5-8-22(33-2)23(14-17)34-3)10-9-19(16-24(26)31)29-25(32)30-21-15-18(27)6-7-20(21)28;3-2(4,5)1(6)7/h5-8,14-15,19,24H,4,9-13,16H2,1-3H3,(H2,29,30,32);(H,6,7). The van der Waals surface area contributed by atoms with E-state index in [1.54, 1.807) is 14.2 Å². The van der Waals surface area contributed by atoms with Crippen molar-refractivity contribution in [3.05, 3.63) is 53.6 Å². The van der Waals surface area contributed by atoms with E-state index in [1.165, 1.54) is 5.56 Å². The van der Waals surface area contributed by atoms with E-state index in [-0.39, 0.29) is 23.2 Å². The molecule has 1 saturated heterocycles. The number of anilines is 1. The maximum atomic E-state index is 13.9. The van der Waals surface area contributed by atoms with Crippen LogP contribution in [0, 0.1) is 11.6 Å². The van der Waals surface area contributed by atoms with E-state index in [9.17, 15) is 26.7 Å². The van der Waals surface area contributed by atoms with E-state index in [2.05, 4.69) is 34.6 Å². The highest BCUT2D eigenvalue weighted by Crippen LogP contribution is 2.50. The predicted molar refractivity (Wildman–Crippen MR) is 141 cm³/mol. The minimum atomic E-state index is -5.08. The lowest BCUT2D eigenvalue weighted by Crippen LogP contribution is -2.53. The minimum Gasteiger partial charge on any atom is -0.493 e. The second-order valence-corrected chi connectivity index (χ2v) is 10.0. The maximum Gasteiger partial charge on any atom is 0.490 e. The molecule has 0 aromatic heterocycles. The summed E-state index contributed by atoms with van der Waals surface area (Å²) in [4.78, 5) is 24.0. The summed E-state index contributed by atoms with van der Waals surface area (Å²) in [7, 11) is 3.28. The number of halogens is 5. The van der Waals surface area contributed by atoms with Gasteiger partial charge in [0, 0.05) is 23.6 Å². The number of urea groups is 1. The van der Waals surface area contributed by atoms with Gasteiger partial charge in [-0.3, -0.25) is 4.90 Å². The minimum absolute atomic E-state index is 0.0297. The Labute approximate surface area is 234 Å². The van der Waals surface area contributed by atoms with E-state index in [0.29, 0.717) is 5.75 Å². The van der Waals surface area contributed by atoms with Gasteiger partial charge < -0.3 is 25.2 Å². The highest BCUT2D eigenvalue weighted by Gasteiger charge is 2.51. The molecule has 13 heteroatoms. The summed E-state index contributed by atoms with van der Waals surface area (Å²) in [5, 5.41) is 12.6. The molecule has 1 heterocycles. The number of methoxy groups -OCH3 is 2. The molecule has 1 aliphatic carbocycles. The highest BCUT2D eigenvalue weighted by molar-refractivity contribution is 5.89. The maximum absolute atomic E-state index is 13.9. The van der Waals surface area contributed by atoms with Gasteiger partial charge in [0.05, 0.1) is 19.9 Å². The topological polar surface area (TPSA) is 100 Å². The van der Waals surface area contributed by atoms with Crippen LogP contribution in [0.1, 0.15) is 44.6 Å². The van der Waals surface area contributed by atoms with Crippen molar-refractivity contribution in [2.45, 2.75) is 62.7 Å². The number of benzene rings is 2. The number of fused-ring (bicyclic) bond motifs is 1. The molecule has 2 aromatic rings. The number of carbonyl (C=O) groups excluding carboxylic acids is 1. The molecule has 0 spiro atoms. The van der Waals surface area contributed by atoms with E-state index in [4.69, 9.17) is 19.4 Å². The first-order valence-corrected chi connectivity index (χ1v) is 13.1. The molecule has 4 rings (SSSR count). The van der Waals surface area contributed by atoms with Crippen molar-refractivity contribution in [3.63, 3.8) is 0 Å². The summed E-state index contributed by atoms with van der Waals surface area (Å²) in [5.41, 5.74) is 1.04. The van der Waals surface area contributed by atoms with Gasteiger partial charge in [-0.25, -0.2) is 18.4 Å². The zero-order valence-electron chi connectivity index (χ0n) is 23.0. The highest BCUT2D eigenvalue weighted by atomic mass is 19.4. The van der Waals surface area contributed by atoms with Crippen molar-refractivity contribution in [1.82, 2.24) is 10.2 Å². The third kappa shape index (κ3) is 7.57. The van der Waals surface area contributed by atoms with Gasteiger partial charge in [-0.15, -0.1) is 0 Å². The number of likely N-dealkylation sites (tertiary alicyclic amines) is 1. The van der Waals surface area contributed by atoms with Gasteiger partial charge in [0.25, 0.3) is 0 Å². The number of hydrogen-bond donors (Lipinski definition) is 3. The van der Waals surface area contributed by atoms with Crippen molar-refractivity contribution >= 4 is 17.7 Å². The second-order valence-electron chi connectivity index (χ2n) is 10.0. The normalized spacial score (nSPS) is 22.1. The fraction of sp³-hybridized carbons (Fsp3) is 0.500. The second kappa shape index (κ2) is 13.4. The predicted octanol–water partition coefficient (Wildman–Crippen LogP) is 5.71. The average molecular weight is 588 g/mol. The number of aliphatic carboxylic acids is 1. The number of nitrogens with one attached hydrogen (secondary N) is 2. The fourth-order valence-corrected chi connectivity index (χ4v) is 5.75. The van der Waals surface area contributed by atoms with Crippen LogP contribution in [0.4, 0.5) is 32.4 Å². The van der Waals surface area contributed by atoms with Crippen molar-refractivity contribution in [1.29, 1.82) is 0 Å². The molecule has 3 atom stereocenters. The number of alkyl halides is 3. The fourth-order valence-electron chi connectivity index (χ4n) is 5.75. The Morgan fingerprint density at radius 1 is 1.07 bits per heavy atom. The van der Waals surface area contributed by atoms with Gasteiger partial charge in [0.15, 0.2) is 11.5 Å². The van der Waals surface area contributed by atoms with Gasteiger partial charge in [-0.2, -0.15) is 13.2 Å². The summed E-state index contributed by atoms with van der Waals surface area (Å²) in [6.45, 7) is 4.17. The summed E-state index contributed by atoms with van der Waals surface area (Å²) in [5.74, 6) is -2.60. The Hall–Kier alpha value is -3.61. The SMILES string of the molecule is CCCN1CCC2(c3ccc(OC)c(OC)c3)CCC(NC(=O)Nc3cc(F)ccc3F)CC12.O=C(O)C(F)(F)F. The first-order valence-electron chi connectivity index (χ1n) is 13.1. The van der Waals surface area contributed by atoms with Gasteiger partial charge in [-0.1, -0.05) is 13.0 Å². The number of nitrogens with zero attached hydrogens (tertiary/aromatic N) is 1. The molecule has 8 nitrogen and oxygen atoms in total. The number of hydrogen-bond acceptors (Lipinski definition) is 5. The number of carboxylic acid groups (broad SMARTS) is 1. The van der Waals surface area contributed by atoms with Crippen LogP contribution in [0.15, 0.2) is 36.4 Å². The Kier molecular flexibility index (Phi) is 10.4. The quantitative estimate of drug-likeness (QED) is 0.359. The van der Waals surface area contributed by atoms with Crippen LogP contribution in [0.2, 0.25) is 0 Å². The molecule has 2 fully saturated rings. The largest absolute Gasteiger partial charge is 0.493 e. The summed E-state index contributed by atoms with van der Waals surface area (Å²) in [6.07, 6.45) is -0.500. The molecule has 0 bridgehead atoms. The molecule has 2 amide bonds. The smallest absolute Gasteiger partial charge is 0.490 e. The van der Waals surface area contributed by atoms with Crippen LogP contribution in [-0.4, -0.2) is 67.6 Å². The molecule has 41 heavy (non-hydrogen) atoms. The van der Waals surface area contributed by atoms with Gasteiger partial charge >= 0.3 is 18.2 Å². The van der Waals surface area contributed by atoms with E-state index in [0.717, 1.165) is 69.1 Å². The van der Waals surface area contributed by atoms with E-state index < -0.39 is 29.8 Å². The third-order valence-corrected chi connectivity index (χ3v) is 7.59. The van der Waals surface area contributed by atoms with Crippen LogP contribution < -0.4 is 20.1 Å². The molecular weight excluding hydrogens is 553 g/mol. The van der Waals surface area contributed by atoms with Crippen LogP contribution in [0.5, 0.6) is 11.5 Å². The van der Waals surface area contributed by atoms with Crippen LogP contribution in [0.3, 0.4) is 0 Å². The van der Waals surface area contributed by atoms with Crippen LogP contribution in [0.25, 0.3) is 0 Å². The van der Waals surface area contributed by atoms with Gasteiger partial charge in [0.1, 0.15) is 11.6 Å². The molecule has 1 aliphatic heterocycles. The van der Waals surface area contributed by atoms with Crippen molar-refractivity contribution in [2.24, 2.45) is 0 Å². The van der Waals surface area contributed by atoms with Crippen LogP contribution >= 0.6 is 0 Å². The zero-order chi connectivity index (χ0) is 30.4. The molecule has 2 aromatic carbocycles. The lowest BCUT2D eigenvalue weighted by atomic mass is 9.65.